The van der Waals surface area contributed by atoms with Gasteiger partial charge in [-0.25, -0.2) is 0 Å². The molecule has 1 saturated heterocycles. The zero-order valence-corrected chi connectivity index (χ0v) is 11.7. The lowest BCUT2D eigenvalue weighted by molar-refractivity contribution is -0.120. The molecule has 1 aliphatic rings. The number of hydrogen-bond donors (Lipinski definition) is 2. The van der Waals surface area contributed by atoms with E-state index in [-0.39, 0.29) is 5.91 Å². The number of nitrogens with zero attached hydrogens (tertiary/aromatic N) is 1. The Bertz CT molecular complexity index is 459. The van der Waals surface area contributed by atoms with Gasteiger partial charge in [-0.15, -0.1) is 0 Å². The highest BCUT2D eigenvalue weighted by molar-refractivity contribution is 5.93. The SMILES string of the molecule is COc1ccc(NC(=O)CCCN2CCCO2)c(N)c1. The van der Waals surface area contributed by atoms with Crippen LogP contribution >= 0.6 is 0 Å². The van der Waals surface area contributed by atoms with Crippen LogP contribution in [-0.4, -0.2) is 37.8 Å². The fraction of sp³-hybridized carbons (Fsp3) is 0.500. The highest BCUT2D eigenvalue weighted by Gasteiger charge is 2.13. The summed E-state index contributed by atoms with van der Waals surface area (Å²) in [6.45, 7) is 2.52. The molecule has 6 nitrogen and oxygen atoms in total. The van der Waals surface area contributed by atoms with Gasteiger partial charge in [-0.1, -0.05) is 0 Å². The minimum Gasteiger partial charge on any atom is -0.497 e. The van der Waals surface area contributed by atoms with Crippen LogP contribution in [0.5, 0.6) is 5.75 Å². The number of ether oxygens (including phenoxy) is 1. The summed E-state index contributed by atoms with van der Waals surface area (Å²) in [5.74, 6) is 0.632. The summed E-state index contributed by atoms with van der Waals surface area (Å²) < 4.78 is 5.06. The Morgan fingerprint density at radius 2 is 2.40 bits per heavy atom. The summed E-state index contributed by atoms with van der Waals surface area (Å²) >= 11 is 0. The van der Waals surface area contributed by atoms with Crippen molar-refractivity contribution in [2.24, 2.45) is 0 Å². The molecule has 3 N–H and O–H groups in total. The van der Waals surface area contributed by atoms with Crippen molar-refractivity contribution in [2.45, 2.75) is 19.3 Å². The second-order valence-electron chi connectivity index (χ2n) is 4.72. The molecular formula is C14H21N3O3. The maximum Gasteiger partial charge on any atom is 0.224 e. The van der Waals surface area contributed by atoms with Crippen LogP contribution in [0.2, 0.25) is 0 Å². The number of carbonyl (C=O) groups is 1. The first-order valence-corrected chi connectivity index (χ1v) is 6.80. The largest absolute Gasteiger partial charge is 0.497 e. The lowest BCUT2D eigenvalue weighted by atomic mass is 10.2. The third-order valence-electron chi connectivity index (χ3n) is 3.17. The molecule has 0 unspecified atom stereocenters. The normalized spacial score (nSPS) is 15.2. The van der Waals surface area contributed by atoms with E-state index in [2.05, 4.69) is 5.32 Å². The van der Waals surface area contributed by atoms with E-state index in [1.54, 1.807) is 25.3 Å². The van der Waals surface area contributed by atoms with Crippen molar-refractivity contribution < 1.29 is 14.4 Å². The van der Waals surface area contributed by atoms with Crippen molar-refractivity contribution >= 4 is 17.3 Å². The van der Waals surface area contributed by atoms with Gasteiger partial charge in [-0.2, -0.15) is 5.06 Å². The molecular weight excluding hydrogens is 258 g/mol. The van der Waals surface area contributed by atoms with Gasteiger partial charge in [-0.3, -0.25) is 9.63 Å². The maximum atomic E-state index is 11.8. The summed E-state index contributed by atoms with van der Waals surface area (Å²) in [4.78, 5) is 17.2. The smallest absolute Gasteiger partial charge is 0.224 e. The number of nitrogens with two attached hydrogens (primary N) is 1. The first-order valence-electron chi connectivity index (χ1n) is 6.80. The fourth-order valence-electron chi connectivity index (χ4n) is 2.09. The van der Waals surface area contributed by atoms with Crippen LogP contribution in [-0.2, 0) is 9.63 Å². The second kappa shape index (κ2) is 7.12. The van der Waals surface area contributed by atoms with Gasteiger partial charge in [0.15, 0.2) is 0 Å². The molecule has 1 aliphatic heterocycles. The van der Waals surface area contributed by atoms with Gasteiger partial charge >= 0.3 is 0 Å². The number of rotatable bonds is 6. The summed E-state index contributed by atoms with van der Waals surface area (Å²) in [6, 6.07) is 5.20. The Morgan fingerprint density at radius 3 is 3.05 bits per heavy atom. The van der Waals surface area contributed by atoms with Crippen molar-refractivity contribution in [1.29, 1.82) is 0 Å². The van der Waals surface area contributed by atoms with Crippen LogP contribution in [0.25, 0.3) is 0 Å². The van der Waals surface area contributed by atoms with E-state index in [0.29, 0.717) is 23.5 Å². The molecule has 1 aromatic carbocycles. The van der Waals surface area contributed by atoms with E-state index in [9.17, 15) is 4.79 Å². The number of nitrogen functional groups attached to an aromatic ring is 1. The Balaban J connectivity index is 1.76. The Kier molecular flexibility index (Phi) is 5.20. The van der Waals surface area contributed by atoms with E-state index in [1.165, 1.54) is 0 Å². The average Bonchev–Trinajstić information content (AvgIpc) is 2.94. The van der Waals surface area contributed by atoms with Gasteiger partial charge in [0.1, 0.15) is 5.75 Å². The third-order valence-corrected chi connectivity index (χ3v) is 3.17. The molecule has 0 atom stereocenters. The van der Waals surface area contributed by atoms with Gasteiger partial charge < -0.3 is 15.8 Å². The molecule has 1 heterocycles. The number of benzene rings is 1. The van der Waals surface area contributed by atoms with Crippen LogP contribution < -0.4 is 15.8 Å². The molecule has 110 valence electrons. The lowest BCUT2D eigenvalue weighted by Gasteiger charge is -2.13. The third kappa shape index (κ3) is 4.11. The molecule has 0 radical (unpaired) electrons. The van der Waals surface area contributed by atoms with Crippen LogP contribution in [0.1, 0.15) is 19.3 Å². The minimum absolute atomic E-state index is 0.0407. The van der Waals surface area contributed by atoms with Gasteiger partial charge in [-0.05, 0) is 25.0 Å². The molecule has 0 aromatic heterocycles. The number of anilines is 2. The van der Waals surface area contributed by atoms with Gasteiger partial charge in [0.05, 0.1) is 25.1 Å². The van der Waals surface area contributed by atoms with E-state index in [0.717, 1.165) is 32.5 Å². The number of amides is 1. The van der Waals surface area contributed by atoms with Gasteiger partial charge in [0.25, 0.3) is 0 Å². The number of methoxy groups -OCH3 is 1. The molecule has 1 aromatic rings. The first kappa shape index (κ1) is 14.6. The maximum absolute atomic E-state index is 11.8. The van der Waals surface area contributed by atoms with Crippen molar-refractivity contribution in [3.05, 3.63) is 18.2 Å². The standard InChI is InChI=1S/C14H21N3O3/c1-19-11-5-6-13(12(15)10-11)16-14(18)4-2-7-17-8-3-9-20-17/h5-6,10H,2-4,7-9,15H2,1H3,(H,16,18). The fourth-order valence-corrected chi connectivity index (χ4v) is 2.09. The van der Waals surface area contributed by atoms with E-state index >= 15 is 0 Å². The van der Waals surface area contributed by atoms with Gasteiger partial charge in [0.2, 0.25) is 5.91 Å². The van der Waals surface area contributed by atoms with Gasteiger partial charge in [0, 0.05) is 25.6 Å². The quantitative estimate of drug-likeness (QED) is 0.774. The monoisotopic (exact) mass is 279 g/mol. The molecule has 1 fully saturated rings. The predicted octanol–water partition coefficient (Wildman–Crippen LogP) is 1.63. The van der Waals surface area contributed by atoms with Crippen molar-refractivity contribution in [2.75, 3.05) is 37.9 Å². The number of nitrogens with one attached hydrogen (secondary N) is 1. The Hall–Kier alpha value is -1.79. The zero-order chi connectivity index (χ0) is 14.4. The minimum atomic E-state index is -0.0407. The Morgan fingerprint density at radius 1 is 1.55 bits per heavy atom. The molecule has 0 aliphatic carbocycles. The number of hydroxylamine groups is 2. The van der Waals surface area contributed by atoms with Crippen molar-refractivity contribution in [3.63, 3.8) is 0 Å². The summed E-state index contributed by atoms with van der Waals surface area (Å²) in [6.07, 6.45) is 2.28. The van der Waals surface area contributed by atoms with E-state index < -0.39 is 0 Å². The molecule has 1 amide bonds. The molecule has 0 spiro atoms. The van der Waals surface area contributed by atoms with Crippen molar-refractivity contribution in [3.8, 4) is 5.75 Å². The molecule has 0 bridgehead atoms. The highest BCUT2D eigenvalue weighted by Crippen LogP contribution is 2.24. The predicted molar refractivity (Wildman–Crippen MR) is 77.4 cm³/mol. The Labute approximate surface area is 118 Å². The van der Waals surface area contributed by atoms with E-state index in [1.807, 2.05) is 5.06 Å². The first-order chi connectivity index (χ1) is 9.69. The summed E-state index contributed by atoms with van der Waals surface area (Å²) in [7, 11) is 1.58. The molecule has 20 heavy (non-hydrogen) atoms. The summed E-state index contributed by atoms with van der Waals surface area (Å²) in [5.41, 5.74) is 6.97. The molecule has 2 rings (SSSR count). The number of carbonyl (C=O) groups excluding carboxylic acids is 1. The summed E-state index contributed by atoms with van der Waals surface area (Å²) in [5, 5.41) is 4.72. The molecule has 6 heteroatoms. The topological polar surface area (TPSA) is 76.8 Å². The van der Waals surface area contributed by atoms with Crippen LogP contribution in [0, 0.1) is 0 Å². The van der Waals surface area contributed by atoms with Crippen LogP contribution in [0.4, 0.5) is 11.4 Å². The number of hydrogen-bond acceptors (Lipinski definition) is 5. The van der Waals surface area contributed by atoms with Crippen molar-refractivity contribution in [1.82, 2.24) is 5.06 Å². The lowest BCUT2D eigenvalue weighted by Crippen LogP contribution is -2.21. The highest BCUT2D eigenvalue weighted by atomic mass is 16.7. The molecule has 0 saturated carbocycles. The van der Waals surface area contributed by atoms with Crippen LogP contribution in [0.15, 0.2) is 18.2 Å². The zero-order valence-electron chi connectivity index (χ0n) is 11.7. The van der Waals surface area contributed by atoms with Crippen LogP contribution in [0.3, 0.4) is 0 Å². The average molecular weight is 279 g/mol. The second-order valence-corrected chi connectivity index (χ2v) is 4.72. The van der Waals surface area contributed by atoms with E-state index in [4.69, 9.17) is 15.3 Å².